The first kappa shape index (κ1) is 8.49. The van der Waals surface area contributed by atoms with Crippen LogP contribution in [0.5, 0.6) is 0 Å². The first-order valence-electron chi connectivity index (χ1n) is 5.30. The molecular weight excluding hydrogens is 180 g/mol. The maximum absolute atomic E-state index is 2.23. The Morgan fingerprint density at radius 2 is 1.67 bits per heavy atom. The van der Waals surface area contributed by atoms with Crippen molar-refractivity contribution in [2.45, 2.75) is 6.42 Å². The molecule has 0 saturated heterocycles. The number of rotatable bonds is 0. The number of hydrogen-bond donors (Lipinski definition) is 0. The van der Waals surface area contributed by atoms with Gasteiger partial charge in [-0.15, -0.1) is 0 Å². The standard InChI is InChI=1S/C15H12/c1-2-6-12-10-11-13-7-4-5-9-15(13)14(12)8-3-1/h2-11H,1H2. The Hall–Kier alpha value is -1.82. The molecule has 0 N–H and O–H groups in total. The Labute approximate surface area is 89.6 Å². The van der Waals surface area contributed by atoms with Gasteiger partial charge in [-0.1, -0.05) is 60.7 Å². The topological polar surface area (TPSA) is 0 Å². The van der Waals surface area contributed by atoms with Crippen LogP contribution in [0.15, 0.2) is 48.6 Å². The largest absolute Gasteiger partial charge is 0.0801 e. The van der Waals surface area contributed by atoms with E-state index in [4.69, 9.17) is 0 Å². The quantitative estimate of drug-likeness (QED) is 0.584. The van der Waals surface area contributed by atoms with Crippen LogP contribution in [0, 0.1) is 0 Å². The molecule has 15 heavy (non-hydrogen) atoms. The normalized spacial score (nSPS) is 13.9. The molecule has 0 nitrogen and oxygen atoms in total. The summed E-state index contributed by atoms with van der Waals surface area (Å²) in [6.45, 7) is 0. The van der Waals surface area contributed by atoms with E-state index in [-0.39, 0.29) is 0 Å². The van der Waals surface area contributed by atoms with Crippen molar-refractivity contribution in [2.75, 3.05) is 0 Å². The molecule has 0 fully saturated rings. The fraction of sp³-hybridized carbons (Fsp3) is 0.0667. The maximum Gasteiger partial charge on any atom is -0.0106 e. The molecule has 0 amide bonds. The fourth-order valence-electron chi connectivity index (χ4n) is 2.10. The van der Waals surface area contributed by atoms with E-state index >= 15 is 0 Å². The second kappa shape index (κ2) is 3.39. The van der Waals surface area contributed by atoms with Crippen LogP contribution < -0.4 is 0 Å². The average Bonchev–Trinajstić information content (AvgIpc) is 2.54. The molecule has 72 valence electrons. The third-order valence-electron chi connectivity index (χ3n) is 2.86. The zero-order chi connectivity index (χ0) is 10.1. The van der Waals surface area contributed by atoms with E-state index in [1.54, 1.807) is 0 Å². The average molecular weight is 192 g/mol. The van der Waals surface area contributed by atoms with Crippen molar-refractivity contribution in [3.8, 4) is 0 Å². The highest BCUT2D eigenvalue weighted by atomic mass is 14.1. The van der Waals surface area contributed by atoms with E-state index in [1.807, 2.05) is 0 Å². The van der Waals surface area contributed by atoms with Crippen LogP contribution >= 0.6 is 0 Å². The van der Waals surface area contributed by atoms with Gasteiger partial charge in [-0.05, 0) is 28.3 Å². The van der Waals surface area contributed by atoms with Crippen LogP contribution in [-0.2, 0) is 0 Å². The van der Waals surface area contributed by atoms with E-state index < -0.39 is 0 Å². The van der Waals surface area contributed by atoms with Gasteiger partial charge in [0.2, 0.25) is 0 Å². The fourth-order valence-corrected chi connectivity index (χ4v) is 2.10. The molecule has 0 heterocycles. The highest BCUT2D eigenvalue weighted by molar-refractivity contribution is 5.94. The third kappa shape index (κ3) is 1.39. The predicted octanol–water partition coefficient (Wildman–Crippen LogP) is 4.27. The lowest BCUT2D eigenvalue weighted by atomic mass is 9.99. The van der Waals surface area contributed by atoms with Gasteiger partial charge in [0.25, 0.3) is 0 Å². The van der Waals surface area contributed by atoms with Gasteiger partial charge < -0.3 is 0 Å². The first-order chi connectivity index (χ1) is 7.45. The van der Waals surface area contributed by atoms with Gasteiger partial charge in [-0.25, -0.2) is 0 Å². The second-order valence-corrected chi connectivity index (χ2v) is 3.83. The molecule has 0 atom stereocenters. The molecule has 0 aromatic heterocycles. The van der Waals surface area contributed by atoms with Crippen molar-refractivity contribution in [1.29, 1.82) is 0 Å². The van der Waals surface area contributed by atoms with E-state index in [0.717, 1.165) is 6.42 Å². The van der Waals surface area contributed by atoms with Crippen molar-refractivity contribution >= 4 is 22.9 Å². The highest BCUT2D eigenvalue weighted by Crippen LogP contribution is 2.26. The minimum Gasteiger partial charge on any atom is -0.0801 e. The lowest BCUT2D eigenvalue weighted by Gasteiger charge is -2.05. The summed E-state index contributed by atoms with van der Waals surface area (Å²) in [6.07, 6.45) is 9.90. The van der Waals surface area contributed by atoms with E-state index in [2.05, 4.69) is 60.7 Å². The lowest BCUT2D eigenvalue weighted by Crippen LogP contribution is -1.82. The molecule has 1 aliphatic carbocycles. The maximum atomic E-state index is 2.23. The van der Waals surface area contributed by atoms with Crippen LogP contribution in [0.25, 0.3) is 22.9 Å². The Morgan fingerprint density at radius 1 is 0.800 bits per heavy atom. The monoisotopic (exact) mass is 192 g/mol. The molecule has 2 aromatic carbocycles. The van der Waals surface area contributed by atoms with Crippen molar-refractivity contribution < 1.29 is 0 Å². The molecule has 0 bridgehead atoms. The highest BCUT2D eigenvalue weighted by Gasteiger charge is 2.03. The van der Waals surface area contributed by atoms with Crippen molar-refractivity contribution in [3.63, 3.8) is 0 Å². The van der Waals surface area contributed by atoms with Gasteiger partial charge in [0.1, 0.15) is 0 Å². The van der Waals surface area contributed by atoms with Gasteiger partial charge in [-0.3, -0.25) is 0 Å². The minimum absolute atomic E-state index is 1.03. The molecule has 0 unspecified atom stereocenters. The Morgan fingerprint density at radius 3 is 2.67 bits per heavy atom. The molecular formula is C15H12. The summed E-state index contributed by atoms with van der Waals surface area (Å²) < 4.78 is 0. The Kier molecular flexibility index (Phi) is 1.92. The second-order valence-electron chi connectivity index (χ2n) is 3.83. The van der Waals surface area contributed by atoms with Crippen LogP contribution in [0.2, 0.25) is 0 Å². The summed E-state index contributed by atoms with van der Waals surface area (Å²) in [5.41, 5.74) is 2.67. The number of fused-ring (bicyclic) bond motifs is 3. The van der Waals surface area contributed by atoms with E-state index in [9.17, 15) is 0 Å². The zero-order valence-electron chi connectivity index (χ0n) is 8.48. The summed E-state index contributed by atoms with van der Waals surface area (Å²) in [5, 5.41) is 2.66. The lowest BCUT2D eigenvalue weighted by molar-refractivity contribution is 1.44. The molecule has 0 radical (unpaired) electrons. The summed E-state index contributed by atoms with van der Waals surface area (Å²) in [7, 11) is 0. The molecule has 0 heteroatoms. The molecule has 1 aliphatic rings. The number of benzene rings is 2. The van der Waals surface area contributed by atoms with E-state index in [1.165, 1.54) is 21.9 Å². The smallest absolute Gasteiger partial charge is 0.0106 e. The summed E-state index contributed by atoms with van der Waals surface area (Å²) in [6, 6.07) is 12.9. The van der Waals surface area contributed by atoms with Crippen molar-refractivity contribution in [2.24, 2.45) is 0 Å². The van der Waals surface area contributed by atoms with Crippen molar-refractivity contribution in [1.82, 2.24) is 0 Å². The van der Waals surface area contributed by atoms with Gasteiger partial charge >= 0.3 is 0 Å². The summed E-state index contributed by atoms with van der Waals surface area (Å²) in [5.74, 6) is 0. The number of allylic oxidation sites excluding steroid dienone is 2. The number of hydrogen-bond acceptors (Lipinski definition) is 0. The van der Waals surface area contributed by atoms with Crippen LogP contribution in [0.1, 0.15) is 17.5 Å². The molecule has 0 aliphatic heterocycles. The Balaban J connectivity index is 2.42. The van der Waals surface area contributed by atoms with Crippen LogP contribution in [0.4, 0.5) is 0 Å². The van der Waals surface area contributed by atoms with Gasteiger partial charge in [0, 0.05) is 0 Å². The van der Waals surface area contributed by atoms with Crippen LogP contribution in [-0.4, -0.2) is 0 Å². The SMILES string of the molecule is C1=Cc2ccc3ccccc3c2C=CC1. The third-order valence-corrected chi connectivity index (χ3v) is 2.86. The van der Waals surface area contributed by atoms with Crippen LogP contribution in [0.3, 0.4) is 0 Å². The van der Waals surface area contributed by atoms with Gasteiger partial charge in [0.05, 0.1) is 0 Å². The summed E-state index contributed by atoms with van der Waals surface area (Å²) in [4.78, 5) is 0. The molecule has 2 aromatic rings. The summed E-state index contributed by atoms with van der Waals surface area (Å²) >= 11 is 0. The molecule has 0 saturated carbocycles. The Bertz CT molecular complexity index is 559. The molecule has 3 rings (SSSR count). The minimum atomic E-state index is 1.03. The van der Waals surface area contributed by atoms with Gasteiger partial charge in [0.15, 0.2) is 0 Å². The van der Waals surface area contributed by atoms with E-state index in [0.29, 0.717) is 0 Å². The van der Waals surface area contributed by atoms with Crippen molar-refractivity contribution in [3.05, 3.63) is 59.7 Å². The first-order valence-corrected chi connectivity index (χ1v) is 5.30. The molecule has 0 spiro atoms. The van der Waals surface area contributed by atoms with Gasteiger partial charge in [-0.2, -0.15) is 0 Å². The predicted molar refractivity (Wildman–Crippen MR) is 66.6 cm³/mol. The zero-order valence-corrected chi connectivity index (χ0v) is 8.48.